The number of rotatable bonds is 6. The number of benzene rings is 1. The van der Waals surface area contributed by atoms with Crippen molar-refractivity contribution in [1.29, 1.82) is 0 Å². The van der Waals surface area contributed by atoms with Crippen LogP contribution < -0.4 is 5.32 Å². The van der Waals surface area contributed by atoms with Crippen LogP contribution in [0.2, 0.25) is 0 Å². The zero-order chi connectivity index (χ0) is 18.2. The fraction of sp³-hybridized carbons (Fsp3) is 0.278. The summed E-state index contributed by atoms with van der Waals surface area (Å²) in [6, 6.07) is 7.25. The van der Waals surface area contributed by atoms with E-state index in [4.69, 9.17) is 4.74 Å². The Bertz CT molecular complexity index is 656. The molecule has 0 saturated heterocycles. The molecule has 1 N–H and O–H groups in total. The van der Waals surface area contributed by atoms with Crippen LogP contribution in [0.1, 0.15) is 27.7 Å². The first-order valence-corrected chi connectivity index (χ1v) is 8.13. The Labute approximate surface area is 146 Å². The second kappa shape index (κ2) is 9.08. The second-order valence-electron chi connectivity index (χ2n) is 5.92. The number of anilines is 1. The Balaban J connectivity index is 2.80. The molecule has 1 amide bonds. The van der Waals surface area contributed by atoms with Crippen molar-refractivity contribution in [3.63, 3.8) is 0 Å². The molecule has 1 rings (SSSR count). The van der Waals surface area contributed by atoms with Gasteiger partial charge in [0.2, 0.25) is 0 Å². The summed E-state index contributed by atoms with van der Waals surface area (Å²) in [5.41, 5.74) is 0.697. The molecule has 0 aliphatic heterocycles. The van der Waals surface area contributed by atoms with Crippen molar-refractivity contribution in [3.05, 3.63) is 47.0 Å². The van der Waals surface area contributed by atoms with Crippen LogP contribution in [-0.4, -0.2) is 24.7 Å². The highest BCUT2D eigenvalue weighted by molar-refractivity contribution is 8.03. The third-order valence-electron chi connectivity index (χ3n) is 2.62. The number of carbonyl (C=O) groups is 2. The van der Waals surface area contributed by atoms with Crippen LogP contribution in [0, 0.1) is 0 Å². The van der Waals surface area contributed by atoms with Crippen molar-refractivity contribution >= 4 is 36.5 Å². The lowest BCUT2D eigenvalue weighted by Crippen LogP contribution is -2.27. The van der Waals surface area contributed by atoms with E-state index in [9.17, 15) is 9.59 Å². The average Bonchev–Trinajstić information content (AvgIpc) is 2.50. The van der Waals surface area contributed by atoms with E-state index in [1.54, 1.807) is 45.9 Å². The molecule has 1 aromatic carbocycles. The molecule has 0 unspecified atom stereocenters. The number of ether oxygens (including phenoxy) is 1. The molecule has 1 aromatic rings. The van der Waals surface area contributed by atoms with Crippen molar-refractivity contribution in [2.24, 2.45) is 4.99 Å². The molecule has 0 saturated carbocycles. The summed E-state index contributed by atoms with van der Waals surface area (Å²) in [6.45, 7) is 10.5. The standard InChI is InChI=1S/C18H22N2O3S/c1-13(12-21)16(10-11-19-5)24-15-8-6-14(7-9-15)20-17(22)23-18(2,3)4/h6-12H,5H2,1-4H3,(H,20,22)/b11-10-,16-13-. The maximum atomic E-state index is 11.7. The van der Waals surface area contributed by atoms with Crippen molar-refractivity contribution in [3.8, 4) is 0 Å². The molecular weight excluding hydrogens is 324 g/mol. The van der Waals surface area contributed by atoms with Crippen molar-refractivity contribution < 1.29 is 14.3 Å². The SMILES string of the molecule is C=N/C=C\C(Sc1ccc(NC(=O)OC(C)(C)C)cc1)=C(/C)C=O. The van der Waals surface area contributed by atoms with E-state index in [0.717, 1.165) is 16.1 Å². The van der Waals surface area contributed by atoms with Crippen LogP contribution in [0.5, 0.6) is 0 Å². The van der Waals surface area contributed by atoms with Gasteiger partial charge in [0, 0.05) is 27.3 Å². The van der Waals surface area contributed by atoms with Crippen molar-refractivity contribution in [2.45, 2.75) is 38.2 Å². The van der Waals surface area contributed by atoms with Gasteiger partial charge in [0.1, 0.15) is 11.9 Å². The van der Waals surface area contributed by atoms with E-state index < -0.39 is 11.7 Å². The minimum Gasteiger partial charge on any atom is -0.444 e. The second-order valence-corrected chi connectivity index (χ2v) is 7.03. The van der Waals surface area contributed by atoms with E-state index in [0.29, 0.717) is 11.3 Å². The molecule has 5 nitrogen and oxygen atoms in total. The third-order valence-corrected chi connectivity index (χ3v) is 3.81. The van der Waals surface area contributed by atoms with Gasteiger partial charge in [-0.05, 0) is 64.8 Å². The minimum atomic E-state index is -0.544. The summed E-state index contributed by atoms with van der Waals surface area (Å²) in [6.07, 6.45) is 3.57. The Hall–Kier alpha value is -2.34. The van der Waals surface area contributed by atoms with Gasteiger partial charge in [-0.25, -0.2) is 4.79 Å². The molecular formula is C18H22N2O3S. The summed E-state index contributed by atoms with van der Waals surface area (Å²) in [4.78, 5) is 28.1. The van der Waals surface area contributed by atoms with E-state index >= 15 is 0 Å². The van der Waals surface area contributed by atoms with Crippen molar-refractivity contribution in [2.75, 3.05) is 5.32 Å². The number of thioether (sulfide) groups is 1. The largest absolute Gasteiger partial charge is 0.444 e. The molecule has 0 fully saturated rings. The maximum absolute atomic E-state index is 11.7. The monoisotopic (exact) mass is 346 g/mol. The number of allylic oxidation sites excluding steroid dienone is 2. The molecule has 128 valence electrons. The number of carbonyl (C=O) groups excluding carboxylic acids is 2. The molecule has 0 aliphatic rings. The highest BCUT2D eigenvalue weighted by Crippen LogP contribution is 2.30. The zero-order valence-corrected chi connectivity index (χ0v) is 15.1. The van der Waals surface area contributed by atoms with E-state index in [1.807, 2.05) is 12.1 Å². The first-order chi connectivity index (χ1) is 11.2. The smallest absolute Gasteiger partial charge is 0.412 e. The lowest BCUT2D eigenvalue weighted by atomic mass is 10.2. The predicted octanol–water partition coefficient (Wildman–Crippen LogP) is 4.81. The molecule has 0 atom stereocenters. The number of nitrogens with zero attached hydrogens (tertiary/aromatic N) is 1. The zero-order valence-electron chi connectivity index (χ0n) is 14.3. The van der Waals surface area contributed by atoms with Gasteiger partial charge < -0.3 is 4.74 Å². The van der Waals surface area contributed by atoms with E-state index in [-0.39, 0.29) is 0 Å². The lowest BCUT2D eigenvalue weighted by Gasteiger charge is -2.19. The van der Waals surface area contributed by atoms with Gasteiger partial charge in [-0.3, -0.25) is 15.1 Å². The van der Waals surface area contributed by atoms with Gasteiger partial charge in [0.25, 0.3) is 0 Å². The van der Waals surface area contributed by atoms with Crippen LogP contribution in [0.15, 0.2) is 56.9 Å². The number of aliphatic imine (C=N–C) groups is 1. The minimum absolute atomic E-state index is 0.500. The fourth-order valence-electron chi connectivity index (χ4n) is 1.58. The first-order valence-electron chi connectivity index (χ1n) is 7.31. The Morgan fingerprint density at radius 3 is 2.42 bits per heavy atom. The molecule has 0 aromatic heterocycles. The molecule has 0 radical (unpaired) electrons. The molecule has 24 heavy (non-hydrogen) atoms. The summed E-state index contributed by atoms with van der Waals surface area (Å²) in [5.74, 6) is 0. The Morgan fingerprint density at radius 1 is 1.29 bits per heavy atom. The van der Waals surface area contributed by atoms with Gasteiger partial charge in [-0.1, -0.05) is 11.8 Å². The topological polar surface area (TPSA) is 67.8 Å². The Morgan fingerprint density at radius 2 is 1.92 bits per heavy atom. The molecule has 6 heteroatoms. The summed E-state index contributed by atoms with van der Waals surface area (Å²) in [5, 5.41) is 2.67. The van der Waals surface area contributed by atoms with Gasteiger partial charge in [-0.2, -0.15) is 0 Å². The Kier molecular flexibility index (Phi) is 7.45. The molecule has 0 spiro atoms. The quantitative estimate of drug-likeness (QED) is 0.264. The van der Waals surface area contributed by atoms with Gasteiger partial charge in [0.05, 0.1) is 0 Å². The maximum Gasteiger partial charge on any atom is 0.412 e. The van der Waals surface area contributed by atoms with Crippen LogP contribution in [0.3, 0.4) is 0 Å². The average molecular weight is 346 g/mol. The fourth-order valence-corrected chi connectivity index (χ4v) is 2.44. The number of hydrogen-bond acceptors (Lipinski definition) is 5. The summed E-state index contributed by atoms with van der Waals surface area (Å²) in [7, 11) is 0. The van der Waals surface area contributed by atoms with Crippen LogP contribution in [-0.2, 0) is 9.53 Å². The van der Waals surface area contributed by atoms with Crippen molar-refractivity contribution in [1.82, 2.24) is 0 Å². The lowest BCUT2D eigenvalue weighted by molar-refractivity contribution is -0.104. The molecule has 0 heterocycles. The molecule has 0 aliphatic carbocycles. The van der Waals surface area contributed by atoms with Crippen LogP contribution in [0.4, 0.5) is 10.5 Å². The number of amides is 1. The first kappa shape index (κ1) is 19.7. The highest BCUT2D eigenvalue weighted by atomic mass is 32.2. The van der Waals surface area contributed by atoms with E-state index in [2.05, 4.69) is 17.0 Å². The van der Waals surface area contributed by atoms with Gasteiger partial charge >= 0.3 is 6.09 Å². The van der Waals surface area contributed by atoms with Gasteiger partial charge in [-0.15, -0.1) is 0 Å². The third kappa shape index (κ3) is 7.28. The number of hydrogen-bond donors (Lipinski definition) is 1. The highest BCUT2D eigenvalue weighted by Gasteiger charge is 2.16. The number of aldehydes is 1. The normalized spacial score (nSPS) is 12.5. The summed E-state index contributed by atoms with van der Waals surface area (Å²) >= 11 is 1.43. The number of nitrogens with one attached hydrogen (secondary N) is 1. The van der Waals surface area contributed by atoms with Crippen LogP contribution >= 0.6 is 11.8 Å². The summed E-state index contributed by atoms with van der Waals surface area (Å²) < 4.78 is 5.20. The van der Waals surface area contributed by atoms with E-state index in [1.165, 1.54) is 18.0 Å². The van der Waals surface area contributed by atoms with Gasteiger partial charge in [0.15, 0.2) is 0 Å². The van der Waals surface area contributed by atoms with Crippen LogP contribution in [0.25, 0.3) is 0 Å². The predicted molar refractivity (Wildman–Crippen MR) is 99.6 cm³/mol. The molecule has 0 bridgehead atoms.